The van der Waals surface area contributed by atoms with E-state index in [1.807, 2.05) is 11.3 Å². The van der Waals surface area contributed by atoms with E-state index in [0.29, 0.717) is 5.92 Å². The fraction of sp³-hybridized carbons (Fsp3) is 0.769. The standard InChI is InChI=1S/C13H21N3S/c1-9-7-10(2)12-11(8-9)15-13(17-12)16-5-3-14-4-6-16/h9-10,14H,3-8H2,1-2H3. The van der Waals surface area contributed by atoms with E-state index in [4.69, 9.17) is 4.98 Å². The van der Waals surface area contributed by atoms with E-state index in [0.717, 1.165) is 32.1 Å². The number of anilines is 1. The molecule has 4 heteroatoms. The van der Waals surface area contributed by atoms with Gasteiger partial charge in [-0.3, -0.25) is 0 Å². The molecule has 2 unspecified atom stereocenters. The quantitative estimate of drug-likeness (QED) is 0.829. The van der Waals surface area contributed by atoms with Gasteiger partial charge in [0.25, 0.3) is 0 Å². The summed E-state index contributed by atoms with van der Waals surface area (Å²) in [5, 5.41) is 4.66. The molecule has 0 aromatic carbocycles. The van der Waals surface area contributed by atoms with Gasteiger partial charge in [-0.15, -0.1) is 11.3 Å². The molecular formula is C13H21N3S. The molecule has 2 heterocycles. The Labute approximate surface area is 107 Å². The summed E-state index contributed by atoms with van der Waals surface area (Å²) in [5.41, 5.74) is 1.38. The highest BCUT2D eigenvalue weighted by Gasteiger charge is 2.27. The number of hydrogen-bond acceptors (Lipinski definition) is 4. The van der Waals surface area contributed by atoms with Crippen LogP contribution in [0.5, 0.6) is 0 Å². The van der Waals surface area contributed by atoms with Crippen molar-refractivity contribution in [3.8, 4) is 0 Å². The predicted molar refractivity (Wildman–Crippen MR) is 73.1 cm³/mol. The lowest BCUT2D eigenvalue weighted by molar-refractivity contribution is 0.450. The van der Waals surface area contributed by atoms with Gasteiger partial charge >= 0.3 is 0 Å². The van der Waals surface area contributed by atoms with E-state index in [9.17, 15) is 0 Å². The molecule has 1 aromatic heterocycles. The van der Waals surface area contributed by atoms with Gasteiger partial charge in [-0.1, -0.05) is 13.8 Å². The number of nitrogens with zero attached hydrogens (tertiary/aromatic N) is 2. The average molecular weight is 251 g/mol. The Morgan fingerprint density at radius 2 is 2.06 bits per heavy atom. The van der Waals surface area contributed by atoms with Crippen LogP contribution in [0.4, 0.5) is 5.13 Å². The van der Waals surface area contributed by atoms with Crippen LogP contribution in [0.1, 0.15) is 36.8 Å². The summed E-state index contributed by atoms with van der Waals surface area (Å²) in [6.45, 7) is 9.11. The number of piperazine rings is 1. The van der Waals surface area contributed by atoms with Crippen LogP contribution in [0.15, 0.2) is 0 Å². The molecule has 2 aliphatic rings. The predicted octanol–water partition coefficient (Wildman–Crippen LogP) is 2.24. The average Bonchev–Trinajstić information content (AvgIpc) is 2.74. The molecule has 0 saturated carbocycles. The second-order valence-electron chi connectivity index (χ2n) is 5.49. The van der Waals surface area contributed by atoms with Crippen molar-refractivity contribution < 1.29 is 0 Å². The number of rotatable bonds is 1. The molecule has 0 bridgehead atoms. The molecule has 1 saturated heterocycles. The smallest absolute Gasteiger partial charge is 0.185 e. The van der Waals surface area contributed by atoms with Crippen LogP contribution in [0, 0.1) is 5.92 Å². The van der Waals surface area contributed by atoms with E-state index >= 15 is 0 Å². The number of aromatic nitrogens is 1. The van der Waals surface area contributed by atoms with Gasteiger partial charge in [0.1, 0.15) is 0 Å². The minimum absolute atomic E-state index is 0.711. The van der Waals surface area contributed by atoms with Gasteiger partial charge < -0.3 is 10.2 Å². The number of hydrogen-bond donors (Lipinski definition) is 1. The first-order valence-electron chi connectivity index (χ1n) is 6.69. The summed E-state index contributed by atoms with van der Waals surface area (Å²) in [6, 6.07) is 0. The van der Waals surface area contributed by atoms with Gasteiger partial charge in [-0.05, 0) is 24.7 Å². The Bertz CT molecular complexity index is 395. The van der Waals surface area contributed by atoms with Crippen LogP contribution >= 0.6 is 11.3 Å². The van der Waals surface area contributed by atoms with Crippen LogP contribution in [0.25, 0.3) is 0 Å². The summed E-state index contributed by atoms with van der Waals surface area (Å²) in [4.78, 5) is 8.89. The second kappa shape index (κ2) is 4.58. The van der Waals surface area contributed by atoms with Crippen LogP contribution in [-0.4, -0.2) is 31.2 Å². The van der Waals surface area contributed by atoms with Crippen LogP contribution in [0.2, 0.25) is 0 Å². The van der Waals surface area contributed by atoms with Crippen molar-refractivity contribution in [2.75, 3.05) is 31.1 Å². The first-order chi connectivity index (χ1) is 8.24. The molecule has 3 rings (SSSR count). The fourth-order valence-corrected chi connectivity index (χ4v) is 4.21. The minimum Gasteiger partial charge on any atom is -0.346 e. The van der Waals surface area contributed by atoms with Crippen molar-refractivity contribution in [3.05, 3.63) is 10.6 Å². The Morgan fingerprint density at radius 1 is 1.29 bits per heavy atom. The van der Waals surface area contributed by atoms with Crippen molar-refractivity contribution in [3.63, 3.8) is 0 Å². The molecule has 1 N–H and O–H groups in total. The lowest BCUT2D eigenvalue weighted by Crippen LogP contribution is -2.43. The van der Waals surface area contributed by atoms with Gasteiger partial charge in [0.05, 0.1) is 5.69 Å². The van der Waals surface area contributed by atoms with Gasteiger partial charge in [-0.25, -0.2) is 4.98 Å². The highest BCUT2D eigenvalue weighted by molar-refractivity contribution is 7.15. The second-order valence-corrected chi connectivity index (χ2v) is 6.50. The summed E-state index contributed by atoms with van der Waals surface area (Å²) in [6.07, 6.45) is 2.51. The monoisotopic (exact) mass is 251 g/mol. The number of nitrogens with one attached hydrogen (secondary N) is 1. The molecule has 1 aliphatic carbocycles. The van der Waals surface area contributed by atoms with Gasteiger partial charge in [-0.2, -0.15) is 0 Å². The lowest BCUT2D eigenvalue weighted by Gasteiger charge is -2.26. The highest BCUT2D eigenvalue weighted by Crippen LogP contribution is 2.40. The summed E-state index contributed by atoms with van der Waals surface area (Å²) in [7, 11) is 0. The Kier molecular flexibility index (Phi) is 3.09. The minimum atomic E-state index is 0.711. The van der Waals surface area contributed by atoms with Crippen molar-refractivity contribution in [1.29, 1.82) is 0 Å². The highest BCUT2D eigenvalue weighted by atomic mass is 32.1. The van der Waals surface area contributed by atoms with E-state index in [-0.39, 0.29) is 0 Å². The maximum absolute atomic E-state index is 4.89. The molecule has 1 fully saturated rings. The molecular weight excluding hydrogens is 230 g/mol. The van der Waals surface area contributed by atoms with Gasteiger partial charge in [0, 0.05) is 31.1 Å². The van der Waals surface area contributed by atoms with Crippen LogP contribution in [-0.2, 0) is 6.42 Å². The third-order valence-corrected chi connectivity index (χ3v) is 5.24. The first-order valence-corrected chi connectivity index (χ1v) is 7.51. The molecule has 0 amide bonds. The zero-order valence-corrected chi connectivity index (χ0v) is 11.5. The molecule has 17 heavy (non-hydrogen) atoms. The number of thiazole rings is 1. The Balaban J connectivity index is 1.85. The molecule has 0 spiro atoms. The van der Waals surface area contributed by atoms with E-state index in [2.05, 4.69) is 24.1 Å². The SMILES string of the molecule is CC1Cc2nc(N3CCNCC3)sc2C(C)C1. The van der Waals surface area contributed by atoms with E-state index in [1.54, 1.807) is 4.88 Å². The molecule has 2 atom stereocenters. The number of fused-ring (bicyclic) bond motifs is 1. The normalized spacial score (nSPS) is 29.2. The van der Waals surface area contributed by atoms with Crippen LogP contribution in [0.3, 0.4) is 0 Å². The third-order valence-electron chi connectivity index (χ3n) is 3.85. The maximum atomic E-state index is 4.89. The Morgan fingerprint density at radius 3 is 2.82 bits per heavy atom. The zero-order chi connectivity index (χ0) is 11.8. The fourth-order valence-electron chi connectivity index (χ4n) is 3.00. The summed E-state index contributed by atoms with van der Waals surface area (Å²) in [5.74, 6) is 1.51. The molecule has 94 valence electrons. The third kappa shape index (κ3) is 2.20. The molecule has 3 nitrogen and oxygen atoms in total. The van der Waals surface area contributed by atoms with Crippen molar-refractivity contribution in [2.24, 2.45) is 5.92 Å². The molecule has 1 aliphatic heterocycles. The van der Waals surface area contributed by atoms with E-state index < -0.39 is 0 Å². The van der Waals surface area contributed by atoms with Crippen molar-refractivity contribution in [1.82, 2.24) is 10.3 Å². The largest absolute Gasteiger partial charge is 0.346 e. The zero-order valence-electron chi connectivity index (χ0n) is 10.7. The Hall–Kier alpha value is -0.610. The topological polar surface area (TPSA) is 28.2 Å². The maximum Gasteiger partial charge on any atom is 0.185 e. The first kappa shape index (κ1) is 11.5. The summed E-state index contributed by atoms with van der Waals surface area (Å²) >= 11 is 1.94. The van der Waals surface area contributed by atoms with Crippen molar-refractivity contribution >= 4 is 16.5 Å². The lowest BCUT2D eigenvalue weighted by atomic mass is 9.86. The van der Waals surface area contributed by atoms with E-state index in [1.165, 1.54) is 23.7 Å². The molecule has 1 aromatic rings. The van der Waals surface area contributed by atoms with Gasteiger partial charge in [0.15, 0.2) is 5.13 Å². The van der Waals surface area contributed by atoms with Gasteiger partial charge in [0.2, 0.25) is 0 Å². The molecule has 0 radical (unpaired) electrons. The van der Waals surface area contributed by atoms with Crippen molar-refractivity contribution in [2.45, 2.75) is 32.6 Å². The van der Waals surface area contributed by atoms with Crippen LogP contribution < -0.4 is 10.2 Å². The summed E-state index contributed by atoms with van der Waals surface area (Å²) < 4.78 is 0.